The quantitative estimate of drug-likeness (QED) is 0.104. The molecule has 2 aromatic carbocycles. The number of hydrogen-bond acceptors (Lipinski definition) is 9. The molecule has 5 heterocycles. The highest BCUT2D eigenvalue weighted by Gasteiger charge is 2.49. The maximum absolute atomic E-state index is 17.4. The van der Waals surface area contributed by atoms with Crippen LogP contribution >= 0.6 is 0 Å². The smallest absolute Gasteiger partial charge is 0.319 e. The van der Waals surface area contributed by atoms with E-state index in [2.05, 4.69) is 72.9 Å². The molecular formula is C42H52F4N6O3Si. The van der Waals surface area contributed by atoms with E-state index >= 15 is 13.2 Å². The maximum atomic E-state index is 17.4. The van der Waals surface area contributed by atoms with Crippen molar-refractivity contribution < 1.29 is 32.1 Å². The molecule has 0 saturated carbocycles. The van der Waals surface area contributed by atoms with Crippen LogP contribution in [0, 0.1) is 28.9 Å². The average molecular weight is 793 g/mol. The summed E-state index contributed by atoms with van der Waals surface area (Å²) in [5.74, 6) is 0.583. The number of halogens is 4. The molecular weight excluding hydrogens is 741 g/mol. The second kappa shape index (κ2) is 15.0. The normalized spacial score (nSPS) is 23.3. The summed E-state index contributed by atoms with van der Waals surface area (Å²) in [4.78, 5) is 17.4. The zero-order valence-corrected chi connectivity index (χ0v) is 34.3. The van der Waals surface area contributed by atoms with Gasteiger partial charge >= 0.3 is 6.01 Å². The van der Waals surface area contributed by atoms with Gasteiger partial charge in [0, 0.05) is 30.3 Å². The largest absolute Gasteiger partial charge is 0.461 e. The van der Waals surface area contributed by atoms with Crippen molar-refractivity contribution in [1.82, 2.24) is 19.9 Å². The van der Waals surface area contributed by atoms with Crippen molar-refractivity contribution in [3.05, 3.63) is 47.3 Å². The van der Waals surface area contributed by atoms with Crippen molar-refractivity contribution >= 4 is 41.4 Å². The van der Waals surface area contributed by atoms with Crippen LogP contribution in [0.4, 0.5) is 29.2 Å². The van der Waals surface area contributed by atoms with Gasteiger partial charge in [-0.2, -0.15) is 9.97 Å². The number of benzene rings is 2. The highest BCUT2D eigenvalue weighted by molar-refractivity contribution is 6.90. The minimum absolute atomic E-state index is 0.00924. The van der Waals surface area contributed by atoms with Crippen LogP contribution < -0.4 is 15.4 Å². The Hall–Kier alpha value is -4.03. The molecule has 0 bridgehead atoms. The summed E-state index contributed by atoms with van der Waals surface area (Å²) in [6, 6.07) is 5.27. The highest BCUT2D eigenvalue weighted by Crippen LogP contribution is 2.44. The summed E-state index contributed by atoms with van der Waals surface area (Å²) >= 11 is 0. The summed E-state index contributed by atoms with van der Waals surface area (Å²) in [6.45, 7) is 16.2. The molecule has 3 fully saturated rings. The number of pyridine rings is 1. The van der Waals surface area contributed by atoms with Gasteiger partial charge in [-0.1, -0.05) is 53.5 Å². The third-order valence-electron chi connectivity index (χ3n) is 12.3. The number of alkyl halides is 1. The fraction of sp³-hybridized carbons (Fsp3) is 0.548. The molecule has 4 aromatic rings. The molecule has 0 spiro atoms. The van der Waals surface area contributed by atoms with Crippen molar-refractivity contribution in [3.8, 4) is 28.7 Å². The van der Waals surface area contributed by atoms with E-state index in [4.69, 9.17) is 15.2 Å². The number of nitrogens with two attached hydrogens (primary N) is 1. The SMILES string of the molecule is CC(C)[Si](C#Cc1c(F)ccc2cc(N)nc(-c3c(F)cc4c(N5CCOCC(C)(O)C5)nc(OC[C@@]56CCCN5C[C@H](F)C6)nc4c3F)c12)(C(C)C)C(C)C. The van der Waals surface area contributed by atoms with Crippen LogP contribution in [0.15, 0.2) is 24.3 Å². The molecule has 3 atom stereocenters. The molecule has 300 valence electrons. The number of nitrogens with zero attached hydrogens (tertiary/aromatic N) is 5. The van der Waals surface area contributed by atoms with Crippen molar-refractivity contribution in [3.63, 3.8) is 0 Å². The Balaban J connectivity index is 1.44. The molecule has 3 saturated heterocycles. The number of ether oxygens (including phenoxy) is 2. The predicted molar refractivity (Wildman–Crippen MR) is 215 cm³/mol. The Bertz CT molecular complexity index is 2200. The lowest BCUT2D eigenvalue weighted by Gasteiger charge is -2.38. The van der Waals surface area contributed by atoms with Gasteiger partial charge in [0.2, 0.25) is 0 Å². The fourth-order valence-electron chi connectivity index (χ4n) is 9.77. The van der Waals surface area contributed by atoms with Crippen molar-refractivity contribution in [1.29, 1.82) is 0 Å². The molecule has 7 rings (SSSR count). The topological polar surface area (TPSA) is 110 Å². The first-order valence-electron chi connectivity index (χ1n) is 19.7. The molecule has 3 aliphatic rings. The standard InChI is InChI=1S/C42H52F4N6O3Si/c1-24(2)56(25(3)4,26(5)6)16-11-29-31(44)10-9-27-17-33(47)48-38(34(27)29)35-32(45)18-30-37(36(35)46)49-40(50-39(30)51-14-15-54-22-41(7,53)21-51)55-23-42-12-8-13-52(42)20-28(43)19-42/h9-10,17-18,24-26,28,53H,8,12-15,19-23H2,1-7H3,(H2,47,48)/t28-,41?,42+/m1/s1. The van der Waals surface area contributed by atoms with Gasteiger partial charge in [0.05, 0.1) is 42.1 Å². The van der Waals surface area contributed by atoms with Crippen LogP contribution in [0.3, 0.4) is 0 Å². The van der Waals surface area contributed by atoms with E-state index in [0.717, 1.165) is 25.5 Å². The average Bonchev–Trinajstić information content (AvgIpc) is 3.57. The van der Waals surface area contributed by atoms with Gasteiger partial charge in [-0.15, -0.1) is 5.54 Å². The summed E-state index contributed by atoms with van der Waals surface area (Å²) in [7, 11) is -2.37. The molecule has 3 aliphatic heterocycles. The summed E-state index contributed by atoms with van der Waals surface area (Å²) in [6.07, 6.45) is 0.932. The van der Waals surface area contributed by atoms with Crippen LogP contribution in [0.2, 0.25) is 16.6 Å². The van der Waals surface area contributed by atoms with Crippen molar-refractivity contribution in [2.75, 3.05) is 56.6 Å². The number of aliphatic hydroxyl groups is 1. The van der Waals surface area contributed by atoms with E-state index < -0.39 is 48.4 Å². The molecule has 14 heteroatoms. The van der Waals surface area contributed by atoms with E-state index in [9.17, 15) is 9.50 Å². The van der Waals surface area contributed by atoms with Gasteiger partial charge in [0.25, 0.3) is 0 Å². The third-order valence-corrected chi connectivity index (χ3v) is 18.6. The maximum Gasteiger partial charge on any atom is 0.319 e. The lowest BCUT2D eigenvalue weighted by atomic mass is 9.95. The third kappa shape index (κ3) is 7.09. The second-order valence-electron chi connectivity index (χ2n) is 17.2. The molecule has 1 unspecified atom stereocenters. The van der Waals surface area contributed by atoms with E-state index in [1.807, 2.05) is 0 Å². The first-order chi connectivity index (χ1) is 26.5. The Kier molecular flexibility index (Phi) is 10.8. The monoisotopic (exact) mass is 792 g/mol. The summed E-state index contributed by atoms with van der Waals surface area (Å²) < 4.78 is 76.8. The number of rotatable bonds is 8. The Morgan fingerprint density at radius 2 is 1.77 bits per heavy atom. The van der Waals surface area contributed by atoms with Gasteiger partial charge < -0.3 is 25.2 Å². The van der Waals surface area contributed by atoms with Gasteiger partial charge in [-0.3, -0.25) is 4.90 Å². The second-order valence-corrected chi connectivity index (χ2v) is 22.8. The first-order valence-corrected chi connectivity index (χ1v) is 21.9. The number of hydrogen-bond donors (Lipinski definition) is 2. The lowest BCUT2D eigenvalue weighted by Crippen LogP contribution is -2.44. The van der Waals surface area contributed by atoms with E-state index in [1.165, 1.54) is 18.2 Å². The van der Waals surface area contributed by atoms with Gasteiger partial charge in [-0.05, 0) is 66.5 Å². The number of aromatic nitrogens is 3. The number of fused-ring (bicyclic) bond motifs is 3. The Labute approximate surface area is 327 Å². The molecule has 3 N–H and O–H groups in total. The molecule has 0 aliphatic carbocycles. The minimum atomic E-state index is -2.37. The summed E-state index contributed by atoms with van der Waals surface area (Å²) in [5.41, 5.74) is 7.69. The van der Waals surface area contributed by atoms with Gasteiger partial charge in [0.15, 0.2) is 5.82 Å². The van der Waals surface area contributed by atoms with Crippen molar-refractivity contribution in [2.24, 2.45) is 0 Å². The zero-order valence-electron chi connectivity index (χ0n) is 33.3. The number of β-amino-alcohol motifs (C(OH)–C–C–N with tert-alkyl or cyclic N) is 1. The van der Waals surface area contributed by atoms with E-state index in [0.29, 0.717) is 18.4 Å². The van der Waals surface area contributed by atoms with Crippen LogP contribution in [-0.2, 0) is 4.74 Å². The Morgan fingerprint density at radius 1 is 1.04 bits per heavy atom. The van der Waals surface area contributed by atoms with Crippen molar-refractivity contribution in [2.45, 2.75) is 102 Å². The van der Waals surface area contributed by atoms with Gasteiger partial charge in [0.1, 0.15) is 55.2 Å². The fourth-order valence-corrected chi connectivity index (χ4v) is 15.0. The number of nitrogen functional groups attached to an aromatic ring is 1. The minimum Gasteiger partial charge on any atom is -0.461 e. The first kappa shape index (κ1) is 40.2. The molecule has 0 radical (unpaired) electrons. The Morgan fingerprint density at radius 3 is 2.48 bits per heavy atom. The lowest BCUT2D eigenvalue weighted by molar-refractivity contribution is -0.0123. The van der Waals surface area contributed by atoms with Crippen LogP contribution in [0.1, 0.15) is 73.3 Å². The highest BCUT2D eigenvalue weighted by atomic mass is 28.3. The van der Waals surface area contributed by atoms with E-state index in [1.54, 1.807) is 11.8 Å². The molecule has 0 amide bonds. The molecule has 2 aromatic heterocycles. The zero-order chi connectivity index (χ0) is 40.3. The van der Waals surface area contributed by atoms with Gasteiger partial charge in [-0.25, -0.2) is 22.5 Å². The number of anilines is 2. The molecule has 56 heavy (non-hydrogen) atoms. The van der Waals surface area contributed by atoms with Crippen LogP contribution in [0.25, 0.3) is 32.9 Å². The summed E-state index contributed by atoms with van der Waals surface area (Å²) in [5, 5.41) is 11.7. The predicted octanol–water partition coefficient (Wildman–Crippen LogP) is 7.96. The van der Waals surface area contributed by atoms with Crippen LogP contribution in [-0.4, -0.2) is 96.3 Å². The van der Waals surface area contributed by atoms with E-state index in [-0.39, 0.29) is 94.7 Å². The van der Waals surface area contributed by atoms with Crippen LogP contribution in [0.5, 0.6) is 6.01 Å². The molecule has 9 nitrogen and oxygen atoms in total.